The molecule has 2 N–H and O–H groups in total. The monoisotopic (exact) mass is 208 g/mol. The van der Waals surface area contributed by atoms with Crippen molar-refractivity contribution in [3.63, 3.8) is 0 Å². The molecule has 80 valence electrons. The molecule has 5 nitrogen and oxygen atoms in total. The van der Waals surface area contributed by atoms with Crippen LogP contribution in [0.5, 0.6) is 5.88 Å². The summed E-state index contributed by atoms with van der Waals surface area (Å²) in [5.74, 6) is -0.239. The standard InChI is InChI=1S/C10H12N2O3/c1-6-3-9(14)12(5-7(2)13)10(15)8(6)4-11/h3,7,13-14H,5H2,1-2H3. The van der Waals surface area contributed by atoms with Crippen molar-refractivity contribution in [3.8, 4) is 11.9 Å². The van der Waals surface area contributed by atoms with Gasteiger partial charge in [0.1, 0.15) is 11.6 Å². The summed E-state index contributed by atoms with van der Waals surface area (Å²) < 4.78 is 0.982. The van der Waals surface area contributed by atoms with E-state index < -0.39 is 11.7 Å². The van der Waals surface area contributed by atoms with Crippen molar-refractivity contribution in [2.24, 2.45) is 0 Å². The van der Waals surface area contributed by atoms with Gasteiger partial charge in [0.05, 0.1) is 12.6 Å². The minimum Gasteiger partial charge on any atom is -0.494 e. The van der Waals surface area contributed by atoms with Crippen molar-refractivity contribution < 1.29 is 10.2 Å². The Hall–Kier alpha value is -1.80. The minimum absolute atomic E-state index is 0.00606. The molecule has 0 aliphatic rings. The normalized spacial score (nSPS) is 12.1. The maximum absolute atomic E-state index is 11.6. The lowest BCUT2D eigenvalue weighted by molar-refractivity contribution is 0.167. The van der Waals surface area contributed by atoms with Gasteiger partial charge in [-0.1, -0.05) is 0 Å². The zero-order valence-electron chi connectivity index (χ0n) is 8.56. The second kappa shape index (κ2) is 4.15. The lowest BCUT2D eigenvalue weighted by Gasteiger charge is -2.11. The number of rotatable bonds is 2. The first kappa shape index (κ1) is 11.3. The molecule has 0 radical (unpaired) electrons. The third-order valence-corrected chi connectivity index (χ3v) is 2.03. The predicted molar refractivity (Wildman–Crippen MR) is 53.5 cm³/mol. The lowest BCUT2D eigenvalue weighted by atomic mass is 10.1. The number of aliphatic hydroxyl groups excluding tert-OH is 1. The number of hydrogen-bond acceptors (Lipinski definition) is 4. The maximum atomic E-state index is 11.6. The van der Waals surface area contributed by atoms with E-state index >= 15 is 0 Å². The summed E-state index contributed by atoms with van der Waals surface area (Å²) in [6.07, 6.45) is -0.761. The van der Waals surface area contributed by atoms with E-state index in [1.807, 2.05) is 0 Å². The molecule has 0 aliphatic heterocycles. The molecule has 1 atom stereocenters. The van der Waals surface area contributed by atoms with Crippen LogP contribution in [-0.2, 0) is 6.54 Å². The molecule has 0 saturated heterocycles. The molecular formula is C10H12N2O3. The van der Waals surface area contributed by atoms with Crippen molar-refractivity contribution in [1.82, 2.24) is 4.57 Å². The highest BCUT2D eigenvalue weighted by Gasteiger charge is 2.12. The molecule has 1 rings (SSSR count). The van der Waals surface area contributed by atoms with Crippen LogP contribution in [0.25, 0.3) is 0 Å². The number of pyridine rings is 1. The number of nitrogens with zero attached hydrogens (tertiary/aromatic N) is 2. The van der Waals surface area contributed by atoms with Crippen LogP contribution >= 0.6 is 0 Å². The van der Waals surface area contributed by atoms with Crippen molar-refractivity contribution >= 4 is 0 Å². The number of aromatic hydroxyl groups is 1. The summed E-state index contributed by atoms with van der Waals surface area (Å²) in [4.78, 5) is 11.6. The zero-order chi connectivity index (χ0) is 11.6. The first-order valence-corrected chi connectivity index (χ1v) is 4.49. The second-order valence-electron chi connectivity index (χ2n) is 3.44. The van der Waals surface area contributed by atoms with Gasteiger partial charge >= 0.3 is 0 Å². The largest absolute Gasteiger partial charge is 0.494 e. The molecule has 0 saturated carbocycles. The molecule has 0 fully saturated rings. The second-order valence-corrected chi connectivity index (χ2v) is 3.44. The topological polar surface area (TPSA) is 86.2 Å². The number of hydrogen-bond donors (Lipinski definition) is 2. The van der Waals surface area contributed by atoms with E-state index in [-0.39, 0.29) is 18.0 Å². The van der Waals surface area contributed by atoms with Crippen molar-refractivity contribution in [2.45, 2.75) is 26.5 Å². The average Bonchev–Trinajstić information content (AvgIpc) is 2.12. The molecule has 0 amide bonds. The molecular weight excluding hydrogens is 196 g/mol. The van der Waals surface area contributed by atoms with Gasteiger partial charge in [-0.2, -0.15) is 5.26 Å². The van der Waals surface area contributed by atoms with E-state index in [4.69, 9.17) is 10.4 Å². The van der Waals surface area contributed by atoms with Crippen molar-refractivity contribution in [3.05, 3.63) is 27.5 Å². The average molecular weight is 208 g/mol. The van der Waals surface area contributed by atoms with E-state index in [9.17, 15) is 9.90 Å². The van der Waals surface area contributed by atoms with Crippen LogP contribution in [0.4, 0.5) is 0 Å². The summed E-state index contributed by atoms with van der Waals surface area (Å²) in [5, 5.41) is 27.4. The number of aliphatic hydroxyl groups is 1. The van der Waals surface area contributed by atoms with Gasteiger partial charge in [0, 0.05) is 6.07 Å². The van der Waals surface area contributed by atoms with Crippen molar-refractivity contribution in [2.75, 3.05) is 0 Å². The van der Waals surface area contributed by atoms with Gasteiger partial charge in [-0.3, -0.25) is 9.36 Å². The fraction of sp³-hybridized carbons (Fsp3) is 0.400. The van der Waals surface area contributed by atoms with E-state index in [2.05, 4.69) is 0 Å². The fourth-order valence-corrected chi connectivity index (χ4v) is 1.33. The van der Waals surface area contributed by atoms with Crippen LogP contribution < -0.4 is 5.56 Å². The molecule has 0 spiro atoms. The first-order chi connectivity index (χ1) is 6.97. The van der Waals surface area contributed by atoms with Gasteiger partial charge in [-0.25, -0.2) is 0 Å². The highest BCUT2D eigenvalue weighted by molar-refractivity contribution is 5.37. The summed E-state index contributed by atoms with van der Waals surface area (Å²) in [6.45, 7) is 3.05. The Morgan fingerprint density at radius 2 is 2.27 bits per heavy atom. The highest BCUT2D eigenvalue weighted by atomic mass is 16.3. The van der Waals surface area contributed by atoms with Gasteiger partial charge in [-0.05, 0) is 19.4 Å². The Balaban J connectivity index is 3.41. The molecule has 1 aromatic heterocycles. The lowest BCUT2D eigenvalue weighted by Crippen LogP contribution is -2.27. The highest BCUT2D eigenvalue weighted by Crippen LogP contribution is 2.12. The van der Waals surface area contributed by atoms with E-state index in [0.29, 0.717) is 5.56 Å². The van der Waals surface area contributed by atoms with Gasteiger partial charge in [0.25, 0.3) is 5.56 Å². The van der Waals surface area contributed by atoms with Crippen LogP contribution in [0.2, 0.25) is 0 Å². The van der Waals surface area contributed by atoms with Crippen LogP contribution in [0, 0.1) is 18.3 Å². The summed E-state index contributed by atoms with van der Waals surface area (Å²) in [7, 11) is 0. The van der Waals surface area contributed by atoms with Crippen LogP contribution in [0.1, 0.15) is 18.1 Å². The summed E-state index contributed by atoms with van der Waals surface area (Å²) >= 11 is 0. The number of aryl methyl sites for hydroxylation is 1. The Morgan fingerprint density at radius 1 is 1.67 bits per heavy atom. The number of nitriles is 1. The number of aromatic nitrogens is 1. The van der Waals surface area contributed by atoms with Crippen LogP contribution in [-0.4, -0.2) is 20.9 Å². The summed E-state index contributed by atoms with van der Waals surface area (Å²) in [6, 6.07) is 3.11. The Kier molecular flexibility index (Phi) is 3.12. The molecule has 0 bridgehead atoms. The van der Waals surface area contributed by atoms with Gasteiger partial charge < -0.3 is 10.2 Å². The Labute approximate surface area is 86.8 Å². The quantitative estimate of drug-likeness (QED) is 0.722. The zero-order valence-corrected chi connectivity index (χ0v) is 8.56. The van der Waals surface area contributed by atoms with E-state index in [0.717, 1.165) is 4.57 Å². The smallest absolute Gasteiger partial charge is 0.271 e. The molecule has 0 aliphatic carbocycles. The molecule has 1 heterocycles. The fourth-order valence-electron chi connectivity index (χ4n) is 1.33. The first-order valence-electron chi connectivity index (χ1n) is 4.49. The van der Waals surface area contributed by atoms with Gasteiger partial charge in [-0.15, -0.1) is 0 Å². The molecule has 15 heavy (non-hydrogen) atoms. The predicted octanol–water partition coefficient (Wildman–Crippen LogP) is 0.115. The summed E-state index contributed by atoms with van der Waals surface area (Å²) in [5.41, 5.74) is -0.147. The third kappa shape index (κ3) is 2.17. The molecule has 1 aromatic rings. The SMILES string of the molecule is Cc1cc(O)n(CC(C)O)c(=O)c1C#N. The maximum Gasteiger partial charge on any atom is 0.271 e. The van der Waals surface area contributed by atoms with Gasteiger partial charge in [0.15, 0.2) is 5.88 Å². The van der Waals surface area contributed by atoms with Crippen LogP contribution in [0.3, 0.4) is 0 Å². The third-order valence-electron chi connectivity index (χ3n) is 2.03. The molecule has 1 unspecified atom stereocenters. The molecule has 0 aromatic carbocycles. The van der Waals surface area contributed by atoms with Crippen molar-refractivity contribution in [1.29, 1.82) is 5.26 Å². The minimum atomic E-state index is -0.761. The van der Waals surface area contributed by atoms with E-state index in [1.54, 1.807) is 13.0 Å². The Morgan fingerprint density at radius 3 is 2.73 bits per heavy atom. The van der Waals surface area contributed by atoms with E-state index in [1.165, 1.54) is 13.0 Å². The Bertz CT molecular complexity index is 469. The molecule has 5 heteroatoms. The van der Waals surface area contributed by atoms with Crippen LogP contribution in [0.15, 0.2) is 10.9 Å². The van der Waals surface area contributed by atoms with Gasteiger partial charge in [0.2, 0.25) is 0 Å².